The number of carbonyl (C=O) groups is 6. The average Bonchev–Trinajstić information content (AvgIpc) is 3.13. The summed E-state index contributed by atoms with van der Waals surface area (Å²) in [6.07, 6.45) is 15.1. The van der Waals surface area contributed by atoms with Crippen molar-refractivity contribution in [1.29, 1.82) is 0 Å². The smallest absolute Gasteiger partial charge is 0.306 e. The third kappa shape index (κ3) is 27.9. The fourth-order valence-electron chi connectivity index (χ4n) is 7.17. The molecule has 334 valence electrons. The number of hydrogen-bond acceptors (Lipinski definition) is 9. The summed E-state index contributed by atoms with van der Waals surface area (Å²) in [4.78, 5) is 75.3. The van der Waals surface area contributed by atoms with Crippen LogP contribution < -0.4 is 11.1 Å². The van der Waals surface area contributed by atoms with Gasteiger partial charge in [-0.05, 0) is 62.1 Å². The largest absolute Gasteiger partial charge is 0.508 e. The highest BCUT2D eigenvalue weighted by Gasteiger charge is 2.27. The van der Waals surface area contributed by atoms with Crippen LogP contribution in [0.2, 0.25) is 0 Å². The maximum Gasteiger partial charge on any atom is 0.306 e. The third-order valence-electron chi connectivity index (χ3n) is 10.5. The zero-order chi connectivity index (χ0) is 43.3. The number of carbonyl (C=O) groups excluding carboxylic acids is 5. The highest BCUT2D eigenvalue weighted by molar-refractivity contribution is 7.85. The zero-order valence-corrected chi connectivity index (χ0v) is 35.9. The molecule has 0 fully saturated rings. The fourth-order valence-corrected chi connectivity index (χ4v) is 7.74. The number of hydrogen-bond donors (Lipinski definition) is 5. The number of benzene rings is 1. The molecular weight excluding hydrogens is 765 g/mol. The summed E-state index contributed by atoms with van der Waals surface area (Å²) in [6.45, 7) is 4.17. The number of carboxylic acid groups (broad SMARTS) is 1. The molecule has 2 amide bonds. The molecule has 1 aromatic carbocycles. The second-order valence-electron chi connectivity index (χ2n) is 16.5. The summed E-state index contributed by atoms with van der Waals surface area (Å²) in [6, 6.07) is 6.33. The number of rotatable bonds is 37. The van der Waals surface area contributed by atoms with E-state index in [1.165, 1.54) is 12.1 Å². The maximum atomic E-state index is 13.4. The van der Waals surface area contributed by atoms with Crippen LogP contribution in [0.3, 0.4) is 0 Å². The monoisotopic (exact) mass is 841 g/mol. The minimum absolute atomic E-state index is 0. The molecule has 0 radical (unpaired) electrons. The molecule has 0 saturated heterocycles. The van der Waals surface area contributed by atoms with Crippen LogP contribution in [0.5, 0.6) is 5.75 Å². The number of aliphatic carboxylic acids is 1. The van der Waals surface area contributed by atoms with Crippen LogP contribution in [0.4, 0.5) is 0 Å². The van der Waals surface area contributed by atoms with E-state index in [2.05, 4.69) is 5.32 Å². The van der Waals surface area contributed by atoms with Crippen molar-refractivity contribution in [2.75, 3.05) is 12.3 Å². The molecule has 13 nitrogen and oxygen atoms in total. The van der Waals surface area contributed by atoms with Crippen molar-refractivity contribution >= 4 is 45.3 Å². The van der Waals surface area contributed by atoms with Crippen LogP contribution in [-0.4, -0.2) is 70.6 Å². The van der Waals surface area contributed by atoms with Gasteiger partial charge in [0, 0.05) is 59.8 Å². The van der Waals surface area contributed by atoms with Crippen molar-refractivity contribution in [1.82, 2.24) is 5.32 Å². The van der Waals surface area contributed by atoms with Crippen LogP contribution in [0.1, 0.15) is 170 Å². The molecule has 0 aliphatic heterocycles. The predicted molar refractivity (Wildman–Crippen MR) is 229 cm³/mol. The summed E-state index contributed by atoms with van der Waals surface area (Å²) in [7, 11) is -3.85. The number of unbranched alkanes of at least 4 members (excludes halogenated alkanes) is 13. The molecule has 0 saturated carbocycles. The minimum atomic E-state index is -3.85. The molecule has 0 heterocycles. The van der Waals surface area contributed by atoms with E-state index in [1.54, 1.807) is 12.1 Å². The number of nitrogens with two attached hydrogens (primary N) is 1. The van der Waals surface area contributed by atoms with Gasteiger partial charge in [-0.15, -0.1) is 0 Å². The summed E-state index contributed by atoms with van der Waals surface area (Å²) in [5, 5.41) is 22.0. The molecule has 1 aromatic rings. The highest BCUT2D eigenvalue weighted by Crippen LogP contribution is 2.24. The van der Waals surface area contributed by atoms with Crippen LogP contribution in [0, 0.1) is 23.7 Å². The van der Waals surface area contributed by atoms with Gasteiger partial charge in [0.15, 0.2) is 0 Å². The van der Waals surface area contributed by atoms with Crippen LogP contribution in [0.15, 0.2) is 24.3 Å². The lowest BCUT2D eigenvalue weighted by Crippen LogP contribution is -2.30. The number of phenolic OH excluding ortho intramolecular Hbond substituents is 1. The molecule has 3 atom stereocenters. The van der Waals surface area contributed by atoms with E-state index in [9.17, 15) is 47.4 Å². The predicted octanol–water partition coefficient (Wildman–Crippen LogP) is 8.18. The van der Waals surface area contributed by atoms with E-state index >= 15 is 0 Å². The number of amides is 2. The standard InChI is InChI=1S/C44H72N2O11S.2H2/c1-33(2)28-40(49)30-35(41(50)32-37(43(45)52)29-34-20-23-38(47)24-21-34)18-15-16-26-46-42(51)25-22-36(44(53)54)31-39(48)19-14-12-10-8-6-4-3-5-7-9-11-13-17-27-58(55,56)57;;/h20-21,23-24,33,35-37,47H,3-19,22,25-32H2,1-2H3,(H2,45,52)(H,46,51)(H,53,54)(H,55,56,57);2*1H/t35-,36-,37-;;/m1../s1. The molecule has 0 unspecified atom stereocenters. The maximum absolute atomic E-state index is 13.4. The average molecular weight is 841 g/mol. The SMILES string of the molecule is CC(C)CC(=O)C[C@@H](CCCCNC(=O)CC[C@H](CC(=O)CCCCCCCCCCCCCCCS(=O)(=O)O)C(=O)O)C(=O)C[C@@H](Cc1ccc(O)cc1)C(N)=O.[HH].[HH]. The van der Waals surface area contributed by atoms with Crippen molar-refractivity contribution in [2.45, 2.75) is 168 Å². The first-order valence-corrected chi connectivity index (χ1v) is 23.2. The Kier molecular flexibility index (Phi) is 27.4. The lowest BCUT2D eigenvalue weighted by molar-refractivity contribution is -0.144. The van der Waals surface area contributed by atoms with Crippen molar-refractivity contribution in [3.05, 3.63) is 29.8 Å². The minimum Gasteiger partial charge on any atom is -0.508 e. The van der Waals surface area contributed by atoms with Crippen LogP contribution >= 0.6 is 0 Å². The molecule has 14 heteroatoms. The molecule has 0 aliphatic rings. The Morgan fingerprint density at radius 1 is 0.655 bits per heavy atom. The second-order valence-corrected chi connectivity index (χ2v) is 18.0. The highest BCUT2D eigenvalue weighted by atomic mass is 32.2. The van der Waals surface area contributed by atoms with Gasteiger partial charge in [0.2, 0.25) is 11.8 Å². The van der Waals surface area contributed by atoms with Crippen molar-refractivity contribution in [2.24, 2.45) is 29.4 Å². The number of ketones is 3. The Morgan fingerprint density at radius 3 is 1.71 bits per heavy atom. The Bertz CT molecular complexity index is 1510. The number of aromatic hydroxyl groups is 1. The van der Waals surface area contributed by atoms with Gasteiger partial charge in [-0.25, -0.2) is 0 Å². The molecular formula is C44H76N2O11S. The Labute approximate surface area is 349 Å². The van der Waals surface area contributed by atoms with Crippen LogP contribution in [-0.2, 0) is 45.3 Å². The van der Waals surface area contributed by atoms with E-state index in [-0.39, 0.29) is 82.1 Å². The number of Topliss-reactive ketones (excluding diaryl/α,β-unsaturated/α-hetero) is 3. The Balaban J connectivity index is 0. The first kappa shape index (κ1) is 52.4. The van der Waals surface area contributed by atoms with Gasteiger partial charge < -0.3 is 21.3 Å². The van der Waals surface area contributed by atoms with Crippen LogP contribution in [0.25, 0.3) is 0 Å². The first-order valence-electron chi connectivity index (χ1n) is 21.5. The van der Waals surface area contributed by atoms with Gasteiger partial charge in [0.1, 0.15) is 23.1 Å². The summed E-state index contributed by atoms with van der Waals surface area (Å²) in [5.74, 6) is -4.57. The van der Waals surface area contributed by atoms with E-state index in [0.717, 1.165) is 76.2 Å². The van der Waals surface area contributed by atoms with Gasteiger partial charge in [-0.2, -0.15) is 8.42 Å². The fraction of sp³-hybridized carbons (Fsp3) is 0.727. The van der Waals surface area contributed by atoms with Gasteiger partial charge >= 0.3 is 5.97 Å². The Morgan fingerprint density at radius 2 is 1.19 bits per heavy atom. The van der Waals surface area contributed by atoms with Gasteiger partial charge in [-0.1, -0.05) is 103 Å². The molecule has 58 heavy (non-hydrogen) atoms. The normalized spacial score (nSPS) is 13.2. The van der Waals surface area contributed by atoms with Gasteiger partial charge in [0.05, 0.1) is 11.7 Å². The molecule has 0 aliphatic carbocycles. The summed E-state index contributed by atoms with van der Waals surface area (Å²) in [5.41, 5.74) is 6.39. The Hall–Kier alpha value is -3.65. The topological polar surface area (TPSA) is 235 Å². The van der Waals surface area contributed by atoms with E-state index in [4.69, 9.17) is 10.3 Å². The van der Waals surface area contributed by atoms with E-state index < -0.39 is 39.7 Å². The van der Waals surface area contributed by atoms with Crippen molar-refractivity contribution in [3.63, 3.8) is 0 Å². The molecule has 6 N–H and O–H groups in total. The zero-order valence-electron chi connectivity index (χ0n) is 35.1. The van der Waals surface area contributed by atoms with Gasteiger partial charge in [0.25, 0.3) is 10.1 Å². The molecule has 0 aromatic heterocycles. The van der Waals surface area contributed by atoms with Crippen molar-refractivity contribution < 1.29 is 54.8 Å². The van der Waals surface area contributed by atoms with Gasteiger partial charge in [-0.3, -0.25) is 33.3 Å². The van der Waals surface area contributed by atoms with E-state index in [0.29, 0.717) is 51.5 Å². The lowest BCUT2D eigenvalue weighted by Gasteiger charge is -2.19. The first-order chi connectivity index (χ1) is 27.5. The number of primary amides is 1. The summed E-state index contributed by atoms with van der Waals surface area (Å²) < 4.78 is 30.2. The lowest BCUT2D eigenvalue weighted by atomic mass is 9.84. The number of nitrogens with one attached hydrogen (secondary N) is 1. The quantitative estimate of drug-likeness (QED) is 0.0316. The number of carboxylic acids is 1. The van der Waals surface area contributed by atoms with Crippen molar-refractivity contribution in [3.8, 4) is 5.75 Å². The van der Waals surface area contributed by atoms with E-state index in [1.807, 2.05) is 13.8 Å². The molecule has 1 rings (SSSR count). The third-order valence-corrected chi connectivity index (χ3v) is 11.3. The second kappa shape index (κ2) is 30.4. The molecule has 0 spiro atoms. The summed E-state index contributed by atoms with van der Waals surface area (Å²) >= 11 is 0. The molecule has 0 bridgehead atoms. The number of phenols is 1.